The van der Waals surface area contributed by atoms with Gasteiger partial charge in [-0.2, -0.15) is 0 Å². The van der Waals surface area contributed by atoms with Gasteiger partial charge in [-0.25, -0.2) is 0 Å². The number of ether oxygens (including phenoxy) is 1. The fraction of sp³-hybridized carbons (Fsp3) is 0.471. The molecule has 1 fully saturated rings. The smallest absolute Gasteiger partial charge is 0.253 e. The van der Waals surface area contributed by atoms with Crippen molar-refractivity contribution in [2.75, 3.05) is 7.11 Å². The van der Waals surface area contributed by atoms with Crippen LogP contribution in [0.4, 0.5) is 0 Å². The Morgan fingerprint density at radius 1 is 1.29 bits per heavy atom. The van der Waals surface area contributed by atoms with E-state index in [2.05, 4.69) is 10.3 Å². The molecule has 2 aromatic rings. The summed E-state index contributed by atoms with van der Waals surface area (Å²) in [4.78, 5) is 15.9. The Morgan fingerprint density at radius 2 is 2.05 bits per heavy atom. The molecular formula is C17H22N2O2. The highest BCUT2D eigenvalue weighted by Gasteiger charge is 2.21. The summed E-state index contributed by atoms with van der Waals surface area (Å²) in [6, 6.07) is 6.11. The lowest BCUT2D eigenvalue weighted by molar-refractivity contribution is 0.0929. The molecule has 0 aliphatic heterocycles. The van der Waals surface area contributed by atoms with Gasteiger partial charge in [-0.3, -0.25) is 4.79 Å². The van der Waals surface area contributed by atoms with Crippen LogP contribution < -0.4 is 10.1 Å². The second-order valence-electron chi connectivity index (χ2n) is 5.84. The molecule has 1 aromatic heterocycles. The third kappa shape index (κ3) is 2.75. The first-order chi connectivity index (χ1) is 10.2. The van der Waals surface area contributed by atoms with Crippen molar-refractivity contribution in [2.45, 2.75) is 45.1 Å². The van der Waals surface area contributed by atoms with Crippen molar-refractivity contribution in [1.29, 1.82) is 0 Å². The first-order valence-corrected chi connectivity index (χ1v) is 7.66. The van der Waals surface area contributed by atoms with Crippen molar-refractivity contribution >= 4 is 16.8 Å². The monoisotopic (exact) mass is 286 g/mol. The van der Waals surface area contributed by atoms with Crippen molar-refractivity contribution in [3.63, 3.8) is 0 Å². The largest absolute Gasteiger partial charge is 0.497 e. The van der Waals surface area contributed by atoms with Crippen LogP contribution in [0.15, 0.2) is 18.2 Å². The number of methoxy groups -OCH3 is 1. The second kappa shape index (κ2) is 5.80. The zero-order valence-corrected chi connectivity index (χ0v) is 12.7. The van der Waals surface area contributed by atoms with E-state index in [4.69, 9.17) is 4.74 Å². The van der Waals surface area contributed by atoms with Gasteiger partial charge in [0.25, 0.3) is 5.91 Å². The first kappa shape index (κ1) is 14.0. The predicted octanol–water partition coefficient (Wildman–Crippen LogP) is 3.55. The van der Waals surface area contributed by atoms with E-state index >= 15 is 0 Å². The van der Waals surface area contributed by atoms with Gasteiger partial charge in [0.2, 0.25) is 0 Å². The summed E-state index contributed by atoms with van der Waals surface area (Å²) in [5, 5.41) is 4.12. The number of aromatic amines is 1. The Morgan fingerprint density at radius 3 is 2.76 bits per heavy atom. The molecule has 0 radical (unpaired) electrons. The van der Waals surface area contributed by atoms with Crippen molar-refractivity contribution in [3.05, 3.63) is 29.5 Å². The Bertz CT molecular complexity index is 654. The Balaban J connectivity index is 1.90. The number of aromatic nitrogens is 1. The highest BCUT2D eigenvalue weighted by Crippen LogP contribution is 2.27. The maximum absolute atomic E-state index is 12.6. The van der Waals surface area contributed by atoms with Crippen LogP contribution in [0.1, 0.15) is 48.2 Å². The topological polar surface area (TPSA) is 54.1 Å². The quantitative estimate of drug-likeness (QED) is 0.906. The fourth-order valence-corrected chi connectivity index (χ4v) is 3.23. The minimum atomic E-state index is 0.0268. The lowest BCUT2D eigenvalue weighted by Crippen LogP contribution is -2.36. The molecule has 0 bridgehead atoms. The average molecular weight is 286 g/mol. The molecule has 1 amide bonds. The van der Waals surface area contributed by atoms with E-state index < -0.39 is 0 Å². The molecule has 4 heteroatoms. The molecule has 21 heavy (non-hydrogen) atoms. The highest BCUT2D eigenvalue weighted by molar-refractivity contribution is 6.08. The van der Waals surface area contributed by atoms with E-state index in [-0.39, 0.29) is 5.91 Å². The molecule has 0 unspecified atom stereocenters. The summed E-state index contributed by atoms with van der Waals surface area (Å²) in [6.45, 7) is 1.95. The predicted molar refractivity (Wildman–Crippen MR) is 83.9 cm³/mol. The summed E-state index contributed by atoms with van der Waals surface area (Å²) >= 11 is 0. The number of fused-ring (bicyclic) bond motifs is 1. The molecule has 1 aliphatic rings. The minimum absolute atomic E-state index is 0.0268. The number of H-pyrrole nitrogens is 1. The Kier molecular flexibility index (Phi) is 3.86. The highest BCUT2D eigenvalue weighted by atomic mass is 16.5. The number of rotatable bonds is 3. The number of nitrogens with one attached hydrogen (secondary N) is 2. The number of hydrogen-bond donors (Lipinski definition) is 2. The van der Waals surface area contributed by atoms with Gasteiger partial charge in [-0.1, -0.05) is 19.3 Å². The van der Waals surface area contributed by atoms with E-state index in [1.165, 1.54) is 19.3 Å². The molecule has 112 valence electrons. The molecule has 4 nitrogen and oxygen atoms in total. The van der Waals surface area contributed by atoms with Gasteiger partial charge in [0, 0.05) is 22.6 Å². The summed E-state index contributed by atoms with van der Waals surface area (Å²) in [7, 11) is 1.64. The van der Waals surface area contributed by atoms with Gasteiger partial charge < -0.3 is 15.0 Å². The molecular weight excluding hydrogens is 264 g/mol. The van der Waals surface area contributed by atoms with Gasteiger partial charge >= 0.3 is 0 Å². The van der Waals surface area contributed by atoms with E-state index in [0.29, 0.717) is 6.04 Å². The fourth-order valence-electron chi connectivity index (χ4n) is 3.23. The Labute approximate surface area is 124 Å². The number of carbonyl (C=O) groups is 1. The molecule has 3 rings (SSSR count). The summed E-state index contributed by atoms with van der Waals surface area (Å²) in [5.41, 5.74) is 2.63. The molecule has 0 atom stereocenters. The Hall–Kier alpha value is -1.97. The van der Waals surface area contributed by atoms with Gasteiger partial charge in [0.05, 0.1) is 12.7 Å². The van der Waals surface area contributed by atoms with Crippen molar-refractivity contribution in [1.82, 2.24) is 10.3 Å². The van der Waals surface area contributed by atoms with Crippen molar-refractivity contribution in [2.24, 2.45) is 0 Å². The van der Waals surface area contributed by atoms with Crippen molar-refractivity contribution in [3.8, 4) is 5.75 Å². The van der Waals surface area contributed by atoms with Crippen molar-refractivity contribution < 1.29 is 9.53 Å². The van der Waals surface area contributed by atoms with E-state index in [9.17, 15) is 4.79 Å². The lowest BCUT2D eigenvalue weighted by Gasteiger charge is -2.22. The number of amides is 1. The maximum Gasteiger partial charge on any atom is 0.253 e. The third-order valence-corrected chi connectivity index (χ3v) is 4.36. The number of benzene rings is 1. The second-order valence-corrected chi connectivity index (χ2v) is 5.84. The molecule has 1 aliphatic carbocycles. The summed E-state index contributed by atoms with van der Waals surface area (Å²) in [5.74, 6) is 0.798. The van der Waals surface area contributed by atoms with Crippen LogP contribution in [0, 0.1) is 6.92 Å². The number of carbonyl (C=O) groups excluding carboxylic acids is 1. The summed E-state index contributed by atoms with van der Waals surface area (Å²) < 4.78 is 5.27. The zero-order valence-electron chi connectivity index (χ0n) is 12.7. The molecule has 0 saturated heterocycles. The number of aryl methyl sites for hydroxylation is 1. The normalized spacial score (nSPS) is 16.1. The van der Waals surface area contributed by atoms with Crippen LogP contribution in [-0.2, 0) is 0 Å². The van der Waals surface area contributed by atoms with E-state index in [1.54, 1.807) is 7.11 Å². The molecule has 1 aromatic carbocycles. The SMILES string of the molecule is COc1ccc2[nH]c(C)c(C(=O)NC3CCCCC3)c2c1. The maximum atomic E-state index is 12.6. The van der Waals surface area contributed by atoms with Gasteiger partial charge in [-0.05, 0) is 38.0 Å². The van der Waals surface area contributed by atoms with E-state index in [0.717, 1.165) is 40.8 Å². The molecule has 2 N–H and O–H groups in total. The van der Waals surface area contributed by atoms with Crippen LogP contribution in [0.5, 0.6) is 5.75 Å². The average Bonchev–Trinajstić information content (AvgIpc) is 2.83. The minimum Gasteiger partial charge on any atom is -0.497 e. The van der Waals surface area contributed by atoms with Crippen LogP contribution in [0.2, 0.25) is 0 Å². The van der Waals surface area contributed by atoms with Crippen LogP contribution in [-0.4, -0.2) is 24.0 Å². The molecule has 0 spiro atoms. The standard InChI is InChI=1S/C17H22N2O2/c1-11-16(17(20)19-12-6-4-3-5-7-12)14-10-13(21-2)8-9-15(14)18-11/h8-10,12,18H,3-7H2,1-2H3,(H,19,20). The summed E-state index contributed by atoms with van der Waals surface area (Å²) in [6.07, 6.45) is 5.90. The first-order valence-electron chi connectivity index (χ1n) is 7.66. The van der Waals surface area contributed by atoms with Crippen LogP contribution >= 0.6 is 0 Å². The molecule has 1 saturated carbocycles. The van der Waals surface area contributed by atoms with Gasteiger partial charge in [0.15, 0.2) is 0 Å². The van der Waals surface area contributed by atoms with Gasteiger partial charge in [0.1, 0.15) is 5.75 Å². The van der Waals surface area contributed by atoms with Crippen LogP contribution in [0.3, 0.4) is 0 Å². The van der Waals surface area contributed by atoms with E-state index in [1.807, 2.05) is 25.1 Å². The zero-order chi connectivity index (χ0) is 14.8. The third-order valence-electron chi connectivity index (χ3n) is 4.36. The lowest BCUT2D eigenvalue weighted by atomic mass is 9.95. The number of hydrogen-bond acceptors (Lipinski definition) is 2. The van der Waals surface area contributed by atoms with Crippen LogP contribution in [0.25, 0.3) is 10.9 Å². The molecule has 1 heterocycles. The van der Waals surface area contributed by atoms with Gasteiger partial charge in [-0.15, -0.1) is 0 Å².